The number of rotatable bonds is 9. The maximum Gasteiger partial charge on any atom is 0.511 e. The number of carboxylic acid groups (broad SMARTS) is 1. The average Bonchev–Trinajstić information content (AvgIpc) is 2.31. The van der Waals surface area contributed by atoms with Crippen LogP contribution in [0.3, 0.4) is 0 Å². The molecule has 0 fully saturated rings. The summed E-state index contributed by atoms with van der Waals surface area (Å²) >= 11 is 0. The predicted octanol–water partition coefficient (Wildman–Crippen LogP) is 3.54. The molecule has 106 valence electrons. The fourth-order valence-corrected chi connectivity index (χ4v) is 1.27. The highest BCUT2D eigenvalue weighted by atomic mass is 16.8. The Morgan fingerprint density at radius 3 is 2.28 bits per heavy atom. The van der Waals surface area contributed by atoms with Gasteiger partial charge in [0.05, 0.1) is 6.61 Å². The fraction of sp³-hybridized carbons (Fsp3) is 0.833. The summed E-state index contributed by atoms with van der Waals surface area (Å²) in [6.45, 7) is 4.26. The van der Waals surface area contributed by atoms with E-state index in [-0.39, 0.29) is 6.61 Å². The van der Waals surface area contributed by atoms with Crippen LogP contribution in [-0.2, 0) is 14.2 Å². The van der Waals surface area contributed by atoms with Crippen molar-refractivity contribution in [1.82, 2.24) is 0 Å². The molecule has 0 saturated carbocycles. The number of carbonyl (C=O) groups excluding carboxylic acids is 1. The van der Waals surface area contributed by atoms with Gasteiger partial charge < -0.3 is 19.3 Å². The molecule has 0 aromatic carbocycles. The lowest BCUT2D eigenvalue weighted by Gasteiger charge is -2.15. The van der Waals surface area contributed by atoms with Gasteiger partial charge in [0.25, 0.3) is 6.29 Å². The molecule has 0 aromatic rings. The first-order chi connectivity index (χ1) is 8.60. The zero-order chi connectivity index (χ0) is 13.8. The summed E-state index contributed by atoms with van der Waals surface area (Å²) in [6, 6.07) is 0. The van der Waals surface area contributed by atoms with Gasteiger partial charge in [-0.25, -0.2) is 9.59 Å². The normalized spacial score (nSPS) is 11.7. The van der Waals surface area contributed by atoms with E-state index in [1.54, 1.807) is 0 Å². The molecule has 1 atom stereocenters. The van der Waals surface area contributed by atoms with Gasteiger partial charge in [-0.2, -0.15) is 0 Å². The van der Waals surface area contributed by atoms with Crippen molar-refractivity contribution in [3.8, 4) is 0 Å². The Morgan fingerprint density at radius 1 is 1.06 bits per heavy atom. The monoisotopic (exact) mass is 262 g/mol. The molecular weight excluding hydrogens is 240 g/mol. The smallest absolute Gasteiger partial charge is 0.450 e. The summed E-state index contributed by atoms with van der Waals surface area (Å²) in [6.07, 6.45) is 1.25. The third kappa shape index (κ3) is 9.74. The van der Waals surface area contributed by atoms with Gasteiger partial charge in [0.2, 0.25) is 0 Å². The number of hydrogen-bond donors (Lipinski definition) is 1. The molecule has 0 spiro atoms. The van der Waals surface area contributed by atoms with Crippen molar-refractivity contribution in [1.29, 1.82) is 0 Å². The van der Waals surface area contributed by atoms with Crippen molar-refractivity contribution in [3.05, 3.63) is 0 Å². The highest BCUT2D eigenvalue weighted by molar-refractivity contribution is 5.61. The van der Waals surface area contributed by atoms with Crippen molar-refractivity contribution in [2.45, 2.75) is 58.7 Å². The van der Waals surface area contributed by atoms with Crippen molar-refractivity contribution < 1.29 is 28.9 Å². The van der Waals surface area contributed by atoms with Crippen LogP contribution in [0.15, 0.2) is 0 Å². The van der Waals surface area contributed by atoms with Crippen LogP contribution in [0.5, 0.6) is 0 Å². The van der Waals surface area contributed by atoms with Crippen molar-refractivity contribution in [2.24, 2.45) is 0 Å². The first-order valence-corrected chi connectivity index (χ1v) is 6.33. The van der Waals surface area contributed by atoms with Crippen LogP contribution in [-0.4, -0.2) is 30.3 Å². The summed E-state index contributed by atoms with van der Waals surface area (Å²) in [5.41, 5.74) is 0. The lowest BCUT2D eigenvalue weighted by Crippen LogP contribution is -2.24. The zero-order valence-corrected chi connectivity index (χ0v) is 11.0. The van der Waals surface area contributed by atoms with Crippen LogP contribution in [0.2, 0.25) is 0 Å². The standard InChI is InChI=1S/C12H22O6/c1-3-5-7-9-16-12(15)18-10(8-6-4-2)17-11(13)14/h10H,3-9H2,1-2H3,(H,13,14). The molecule has 0 rings (SSSR count). The molecule has 6 nitrogen and oxygen atoms in total. The molecule has 0 aromatic heterocycles. The van der Waals surface area contributed by atoms with E-state index in [4.69, 9.17) is 14.6 Å². The van der Waals surface area contributed by atoms with Gasteiger partial charge in [0.15, 0.2) is 0 Å². The number of unbranched alkanes of at least 4 members (excludes halogenated alkanes) is 3. The third-order valence-corrected chi connectivity index (χ3v) is 2.22. The summed E-state index contributed by atoms with van der Waals surface area (Å²) in [4.78, 5) is 21.6. The van der Waals surface area contributed by atoms with Gasteiger partial charge in [-0.1, -0.05) is 33.1 Å². The lowest BCUT2D eigenvalue weighted by molar-refractivity contribution is -0.102. The molecule has 0 aliphatic rings. The summed E-state index contributed by atoms with van der Waals surface area (Å²) in [7, 11) is 0. The molecular formula is C12H22O6. The number of hydrogen-bond acceptors (Lipinski definition) is 5. The minimum Gasteiger partial charge on any atom is -0.450 e. The first kappa shape index (κ1) is 16.5. The maximum absolute atomic E-state index is 11.2. The van der Waals surface area contributed by atoms with Crippen LogP contribution in [0.25, 0.3) is 0 Å². The van der Waals surface area contributed by atoms with E-state index >= 15 is 0 Å². The Kier molecular flexibility index (Phi) is 9.81. The molecule has 0 aliphatic carbocycles. The molecule has 0 saturated heterocycles. The highest BCUT2D eigenvalue weighted by Gasteiger charge is 2.18. The van der Waals surface area contributed by atoms with Gasteiger partial charge in [-0.3, -0.25) is 0 Å². The van der Waals surface area contributed by atoms with Crippen LogP contribution in [0, 0.1) is 0 Å². The summed E-state index contributed by atoms with van der Waals surface area (Å²) in [5.74, 6) is 0. The van der Waals surface area contributed by atoms with Crippen LogP contribution in [0.4, 0.5) is 9.59 Å². The van der Waals surface area contributed by atoms with Gasteiger partial charge >= 0.3 is 12.3 Å². The molecule has 6 heteroatoms. The van der Waals surface area contributed by atoms with Gasteiger partial charge in [0.1, 0.15) is 0 Å². The second-order valence-corrected chi connectivity index (χ2v) is 3.88. The maximum atomic E-state index is 11.2. The summed E-state index contributed by atoms with van der Waals surface area (Å²) < 4.78 is 14.0. The van der Waals surface area contributed by atoms with E-state index in [0.717, 1.165) is 25.7 Å². The third-order valence-electron chi connectivity index (χ3n) is 2.22. The molecule has 0 amide bonds. The molecule has 0 heterocycles. The average molecular weight is 262 g/mol. The predicted molar refractivity (Wildman–Crippen MR) is 64.4 cm³/mol. The Morgan fingerprint density at radius 2 is 1.72 bits per heavy atom. The second-order valence-electron chi connectivity index (χ2n) is 3.88. The topological polar surface area (TPSA) is 82.1 Å². The molecule has 0 aliphatic heterocycles. The van der Waals surface area contributed by atoms with E-state index in [2.05, 4.69) is 4.74 Å². The number of carbonyl (C=O) groups is 2. The Balaban J connectivity index is 3.89. The molecule has 0 bridgehead atoms. The van der Waals surface area contributed by atoms with Gasteiger partial charge in [-0.05, 0) is 12.8 Å². The second kappa shape index (κ2) is 10.7. The molecule has 1 unspecified atom stereocenters. The Hall–Kier alpha value is -1.46. The lowest BCUT2D eigenvalue weighted by atomic mass is 10.2. The van der Waals surface area contributed by atoms with Gasteiger partial charge in [0, 0.05) is 6.42 Å². The van der Waals surface area contributed by atoms with Crippen molar-refractivity contribution in [3.63, 3.8) is 0 Å². The van der Waals surface area contributed by atoms with E-state index in [9.17, 15) is 9.59 Å². The van der Waals surface area contributed by atoms with Crippen LogP contribution >= 0.6 is 0 Å². The molecule has 18 heavy (non-hydrogen) atoms. The fourth-order valence-electron chi connectivity index (χ4n) is 1.27. The van der Waals surface area contributed by atoms with E-state index < -0.39 is 18.6 Å². The first-order valence-electron chi connectivity index (χ1n) is 6.33. The Labute approximate surface area is 107 Å². The quantitative estimate of drug-likeness (QED) is 0.389. The van der Waals surface area contributed by atoms with E-state index in [0.29, 0.717) is 12.8 Å². The minimum absolute atomic E-state index is 0.278. The molecule has 1 N–H and O–H groups in total. The summed E-state index contributed by atoms with van der Waals surface area (Å²) in [5, 5.41) is 8.49. The minimum atomic E-state index is -1.46. The van der Waals surface area contributed by atoms with Gasteiger partial charge in [-0.15, -0.1) is 0 Å². The zero-order valence-electron chi connectivity index (χ0n) is 11.0. The van der Waals surface area contributed by atoms with Crippen LogP contribution < -0.4 is 0 Å². The molecule has 0 radical (unpaired) electrons. The SMILES string of the molecule is CCCCCOC(=O)OC(CCCC)OC(=O)O. The van der Waals surface area contributed by atoms with Crippen molar-refractivity contribution in [2.75, 3.05) is 6.61 Å². The Bertz CT molecular complexity index is 241. The van der Waals surface area contributed by atoms with Crippen LogP contribution in [0.1, 0.15) is 52.4 Å². The van der Waals surface area contributed by atoms with E-state index in [1.165, 1.54) is 0 Å². The largest absolute Gasteiger partial charge is 0.511 e. The highest BCUT2D eigenvalue weighted by Crippen LogP contribution is 2.08. The van der Waals surface area contributed by atoms with Crippen molar-refractivity contribution >= 4 is 12.3 Å². The number of ether oxygens (including phenoxy) is 3. The van der Waals surface area contributed by atoms with E-state index in [1.807, 2.05) is 13.8 Å².